The predicted molar refractivity (Wildman–Crippen MR) is 142 cm³/mol. The van der Waals surface area contributed by atoms with Crippen molar-refractivity contribution in [2.75, 3.05) is 5.75 Å². The van der Waals surface area contributed by atoms with Gasteiger partial charge in [-0.15, -0.1) is 0 Å². The highest BCUT2D eigenvalue weighted by Gasteiger charge is 2.32. The Morgan fingerprint density at radius 3 is 2.19 bits per heavy atom. The fourth-order valence-corrected chi connectivity index (χ4v) is 4.10. The molecule has 4 atom stereocenters. The molecule has 0 aliphatic heterocycles. The molecule has 0 aliphatic carbocycles. The van der Waals surface area contributed by atoms with E-state index in [1.54, 1.807) is 13.8 Å². The second-order valence-corrected chi connectivity index (χ2v) is 10.0. The van der Waals surface area contributed by atoms with Gasteiger partial charge >= 0.3 is 5.97 Å². The molecule has 0 bridgehead atoms. The molecule has 0 aliphatic rings. The van der Waals surface area contributed by atoms with Crippen LogP contribution in [0.5, 0.6) is 0 Å². The minimum absolute atomic E-state index is 0.0389. The Bertz CT molecular complexity index is 1070. The van der Waals surface area contributed by atoms with E-state index in [0.717, 1.165) is 16.5 Å². The van der Waals surface area contributed by atoms with E-state index in [4.69, 9.17) is 5.73 Å². The number of carbonyl (C=O) groups is 4. The topological polar surface area (TPSA) is 166 Å². The third-order valence-corrected chi connectivity index (χ3v) is 6.20. The summed E-state index contributed by atoms with van der Waals surface area (Å²) < 4.78 is 0. The summed E-state index contributed by atoms with van der Waals surface area (Å²) in [7, 11) is 0. The number of rotatable bonds is 13. The summed E-state index contributed by atoms with van der Waals surface area (Å²) in [6.07, 6.45) is 2.38. The average molecular weight is 520 g/mol. The Balaban J connectivity index is 2.09. The van der Waals surface area contributed by atoms with Crippen LogP contribution in [0.4, 0.5) is 0 Å². The van der Waals surface area contributed by atoms with Gasteiger partial charge in [0.1, 0.15) is 18.1 Å². The number of para-hydroxylation sites is 1. The summed E-state index contributed by atoms with van der Waals surface area (Å²) in [5.74, 6) is -3.22. The second-order valence-electron chi connectivity index (χ2n) is 9.67. The SMILES string of the molecule is CC(C)CC(NC(=O)C(NC(=O)C(N)Cc1c[nH]c2ccccc12)C(C)C)C(=O)NC(CS)C(=O)O. The molecule has 1 aromatic heterocycles. The van der Waals surface area contributed by atoms with Crippen LogP contribution in [-0.4, -0.2) is 63.7 Å². The van der Waals surface area contributed by atoms with E-state index in [9.17, 15) is 24.3 Å². The van der Waals surface area contributed by atoms with Gasteiger partial charge in [0.15, 0.2) is 0 Å². The van der Waals surface area contributed by atoms with Gasteiger partial charge in [-0.2, -0.15) is 12.6 Å². The number of aliphatic carboxylic acids is 1. The fraction of sp³-hybridized carbons (Fsp3) is 0.520. The van der Waals surface area contributed by atoms with E-state index < -0.39 is 47.9 Å². The Morgan fingerprint density at radius 1 is 0.972 bits per heavy atom. The molecule has 11 heteroatoms. The molecule has 10 nitrogen and oxygen atoms in total. The lowest BCUT2D eigenvalue weighted by Gasteiger charge is -2.27. The van der Waals surface area contributed by atoms with Crippen LogP contribution in [-0.2, 0) is 25.6 Å². The number of hydrogen-bond donors (Lipinski definition) is 7. The molecule has 0 saturated carbocycles. The first-order chi connectivity index (χ1) is 16.9. The molecule has 3 amide bonds. The van der Waals surface area contributed by atoms with Crippen LogP contribution in [0.25, 0.3) is 10.9 Å². The first kappa shape index (κ1) is 29.2. The molecular weight excluding hydrogens is 482 g/mol. The molecule has 1 heterocycles. The minimum Gasteiger partial charge on any atom is -0.480 e. The largest absolute Gasteiger partial charge is 0.480 e. The minimum atomic E-state index is -1.22. The quantitative estimate of drug-likeness (QED) is 0.196. The maximum Gasteiger partial charge on any atom is 0.327 e. The van der Waals surface area contributed by atoms with E-state index in [2.05, 4.69) is 33.6 Å². The van der Waals surface area contributed by atoms with Crippen molar-refractivity contribution in [3.63, 3.8) is 0 Å². The normalized spacial score (nSPS) is 14.8. The predicted octanol–water partition coefficient (Wildman–Crippen LogP) is 1.21. The van der Waals surface area contributed by atoms with Crippen molar-refractivity contribution in [1.29, 1.82) is 0 Å². The van der Waals surface area contributed by atoms with Gasteiger partial charge in [0.25, 0.3) is 0 Å². The maximum atomic E-state index is 13.1. The van der Waals surface area contributed by atoms with E-state index in [1.807, 2.05) is 44.3 Å². The van der Waals surface area contributed by atoms with Crippen molar-refractivity contribution in [2.24, 2.45) is 17.6 Å². The number of carboxylic acid groups (broad SMARTS) is 1. The van der Waals surface area contributed by atoms with Gasteiger partial charge in [-0.05, 0) is 36.3 Å². The summed E-state index contributed by atoms with van der Waals surface area (Å²) in [6, 6.07) is 3.71. The molecule has 2 aromatic rings. The van der Waals surface area contributed by atoms with Gasteiger partial charge in [0, 0.05) is 22.9 Å². The number of carbonyl (C=O) groups excluding carboxylic acids is 3. The summed E-state index contributed by atoms with van der Waals surface area (Å²) in [6.45, 7) is 7.31. The smallest absolute Gasteiger partial charge is 0.327 e. The first-order valence-electron chi connectivity index (χ1n) is 12.0. The van der Waals surface area contributed by atoms with Crippen molar-refractivity contribution in [2.45, 2.75) is 64.7 Å². The Morgan fingerprint density at radius 2 is 1.61 bits per heavy atom. The van der Waals surface area contributed by atoms with Crippen LogP contribution >= 0.6 is 12.6 Å². The van der Waals surface area contributed by atoms with Gasteiger partial charge in [0.05, 0.1) is 6.04 Å². The highest BCUT2D eigenvalue weighted by Crippen LogP contribution is 2.19. The highest BCUT2D eigenvalue weighted by atomic mass is 32.1. The Kier molecular flexibility index (Phi) is 10.8. The number of hydrogen-bond acceptors (Lipinski definition) is 6. The lowest BCUT2D eigenvalue weighted by molar-refractivity contribution is -0.141. The number of fused-ring (bicyclic) bond motifs is 1. The van der Waals surface area contributed by atoms with Gasteiger partial charge in [-0.3, -0.25) is 14.4 Å². The number of amides is 3. The third-order valence-electron chi connectivity index (χ3n) is 5.84. The first-order valence-corrected chi connectivity index (χ1v) is 12.6. The van der Waals surface area contributed by atoms with Gasteiger partial charge in [-0.25, -0.2) is 4.79 Å². The molecule has 198 valence electrons. The van der Waals surface area contributed by atoms with Gasteiger partial charge in [-0.1, -0.05) is 45.9 Å². The molecule has 0 radical (unpaired) electrons. The number of thiol groups is 1. The third kappa shape index (κ3) is 7.99. The molecular formula is C25H37N5O5S. The molecule has 2 rings (SSSR count). The van der Waals surface area contributed by atoms with Crippen LogP contribution in [0.15, 0.2) is 30.5 Å². The molecule has 0 fully saturated rings. The summed E-state index contributed by atoms with van der Waals surface area (Å²) in [4.78, 5) is 53.2. The van der Waals surface area contributed by atoms with Gasteiger partial charge in [0.2, 0.25) is 17.7 Å². The fourth-order valence-electron chi connectivity index (χ4n) is 3.85. The number of aromatic amines is 1. The lowest BCUT2D eigenvalue weighted by Crippen LogP contribution is -2.58. The molecule has 4 unspecified atom stereocenters. The van der Waals surface area contributed by atoms with Crippen LogP contribution in [0.1, 0.15) is 39.7 Å². The molecule has 0 saturated heterocycles. The van der Waals surface area contributed by atoms with E-state index in [0.29, 0.717) is 0 Å². The number of carboxylic acids is 1. The lowest BCUT2D eigenvalue weighted by atomic mass is 9.99. The zero-order valence-electron chi connectivity index (χ0n) is 21.1. The Hall–Kier alpha value is -3.05. The number of H-pyrrole nitrogens is 1. The number of nitrogens with two attached hydrogens (primary N) is 1. The van der Waals surface area contributed by atoms with Crippen molar-refractivity contribution >= 4 is 47.2 Å². The number of benzene rings is 1. The molecule has 7 N–H and O–H groups in total. The van der Waals surface area contributed by atoms with E-state index in [1.165, 1.54) is 0 Å². The van der Waals surface area contributed by atoms with Crippen molar-refractivity contribution in [3.8, 4) is 0 Å². The molecule has 0 spiro atoms. The Labute approximate surface area is 216 Å². The van der Waals surface area contributed by atoms with Crippen molar-refractivity contribution in [1.82, 2.24) is 20.9 Å². The standard InChI is InChI=1S/C25H37N5O5S/c1-13(2)9-19(23(32)29-20(12-36)25(34)35)28-24(33)21(14(3)4)30-22(31)17(26)10-15-11-27-18-8-6-5-7-16(15)18/h5-8,11,13-14,17,19-21,27,36H,9-10,12,26H2,1-4H3,(H,28,33)(H,29,32)(H,30,31)(H,34,35). The summed E-state index contributed by atoms with van der Waals surface area (Å²) >= 11 is 3.96. The number of aromatic nitrogens is 1. The van der Waals surface area contributed by atoms with Crippen molar-refractivity contribution in [3.05, 3.63) is 36.0 Å². The van der Waals surface area contributed by atoms with Crippen LogP contribution < -0.4 is 21.7 Å². The highest BCUT2D eigenvalue weighted by molar-refractivity contribution is 7.80. The summed E-state index contributed by atoms with van der Waals surface area (Å²) in [5, 5.41) is 18.0. The summed E-state index contributed by atoms with van der Waals surface area (Å²) in [5.41, 5.74) is 8.01. The molecule has 36 heavy (non-hydrogen) atoms. The zero-order valence-corrected chi connectivity index (χ0v) is 22.0. The zero-order chi connectivity index (χ0) is 27.0. The molecule has 1 aromatic carbocycles. The van der Waals surface area contributed by atoms with Crippen LogP contribution in [0, 0.1) is 11.8 Å². The van der Waals surface area contributed by atoms with E-state index >= 15 is 0 Å². The number of nitrogens with one attached hydrogen (secondary N) is 4. The van der Waals surface area contributed by atoms with E-state index in [-0.39, 0.29) is 30.4 Å². The second kappa shape index (κ2) is 13.3. The van der Waals surface area contributed by atoms with Crippen molar-refractivity contribution < 1.29 is 24.3 Å². The van der Waals surface area contributed by atoms with Crippen LogP contribution in [0.2, 0.25) is 0 Å². The monoisotopic (exact) mass is 519 g/mol. The van der Waals surface area contributed by atoms with Gasteiger partial charge < -0.3 is 31.8 Å². The van der Waals surface area contributed by atoms with Crippen LogP contribution in [0.3, 0.4) is 0 Å². The average Bonchev–Trinajstić information content (AvgIpc) is 3.22. The maximum absolute atomic E-state index is 13.1.